The Kier molecular flexibility index (Phi) is 5.41. The van der Waals surface area contributed by atoms with Gasteiger partial charge in [0.1, 0.15) is 10.6 Å². The maximum atomic E-state index is 12.8. The summed E-state index contributed by atoms with van der Waals surface area (Å²) in [4.78, 5) is 18.0. The highest BCUT2D eigenvalue weighted by Gasteiger charge is 2.29. The van der Waals surface area contributed by atoms with E-state index >= 15 is 0 Å². The van der Waals surface area contributed by atoms with Crippen LogP contribution < -0.4 is 15.1 Å². The molecule has 1 amide bonds. The Morgan fingerprint density at radius 1 is 1.31 bits per heavy atom. The van der Waals surface area contributed by atoms with Crippen LogP contribution in [0.1, 0.15) is 9.67 Å². The van der Waals surface area contributed by atoms with E-state index in [1.807, 2.05) is 4.90 Å². The van der Waals surface area contributed by atoms with Crippen LogP contribution in [0.2, 0.25) is 0 Å². The molecule has 1 saturated heterocycles. The van der Waals surface area contributed by atoms with Gasteiger partial charge in [-0.3, -0.25) is 10.0 Å². The lowest BCUT2D eigenvalue weighted by Gasteiger charge is -2.33. The third-order valence-electron chi connectivity index (χ3n) is 4.01. The number of nitrogens with one attached hydrogen (secondary N) is 1. The van der Waals surface area contributed by atoms with E-state index in [0.29, 0.717) is 37.1 Å². The van der Waals surface area contributed by atoms with Crippen molar-refractivity contribution in [1.29, 1.82) is 0 Å². The van der Waals surface area contributed by atoms with Crippen LogP contribution in [0, 0.1) is 0 Å². The van der Waals surface area contributed by atoms with E-state index in [0.717, 1.165) is 11.3 Å². The zero-order chi connectivity index (χ0) is 18.7. The quantitative estimate of drug-likeness (QED) is 0.565. The average molecular weight is 398 g/mol. The molecule has 140 valence electrons. The number of rotatable bonds is 5. The van der Waals surface area contributed by atoms with Gasteiger partial charge in [0, 0.05) is 32.2 Å². The molecule has 0 unspecified atom stereocenters. The summed E-state index contributed by atoms with van der Waals surface area (Å²) in [6.07, 6.45) is 1.38. The number of aromatic nitrogens is 1. The molecule has 0 radical (unpaired) electrons. The number of amides is 1. The van der Waals surface area contributed by atoms with Crippen LogP contribution in [0.5, 0.6) is 5.75 Å². The lowest BCUT2D eigenvalue weighted by atomic mass is 10.3. The summed E-state index contributed by atoms with van der Waals surface area (Å²) in [5.41, 5.74) is 1.57. The van der Waals surface area contributed by atoms with Crippen molar-refractivity contribution < 1.29 is 23.2 Å². The number of benzene rings is 1. The zero-order valence-electron chi connectivity index (χ0n) is 14.0. The van der Waals surface area contributed by atoms with Crippen LogP contribution in [0.4, 0.5) is 5.13 Å². The van der Waals surface area contributed by atoms with E-state index in [2.05, 4.69) is 4.98 Å². The molecule has 11 heteroatoms. The number of thiazole rings is 1. The number of ether oxygens (including phenoxy) is 1. The molecule has 26 heavy (non-hydrogen) atoms. The Bertz CT molecular complexity index is 891. The maximum absolute atomic E-state index is 12.8. The number of sulfonamides is 1. The number of carbonyl (C=O) groups excluding carboxylic acids is 1. The van der Waals surface area contributed by atoms with Gasteiger partial charge >= 0.3 is 0 Å². The van der Waals surface area contributed by atoms with Gasteiger partial charge in [0.05, 0.1) is 18.2 Å². The first-order chi connectivity index (χ1) is 12.5. The van der Waals surface area contributed by atoms with Gasteiger partial charge < -0.3 is 9.64 Å². The normalized spacial score (nSPS) is 15.7. The van der Waals surface area contributed by atoms with Gasteiger partial charge in [-0.25, -0.2) is 18.9 Å². The highest BCUT2D eigenvalue weighted by atomic mass is 32.2. The van der Waals surface area contributed by atoms with Crippen LogP contribution in [0.15, 0.2) is 35.4 Å². The molecule has 0 aliphatic carbocycles. The summed E-state index contributed by atoms with van der Waals surface area (Å²) in [5.74, 6) is -0.129. The van der Waals surface area contributed by atoms with Crippen molar-refractivity contribution in [3.8, 4) is 5.75 Å². The number of methoxy groups -OCH3 is 1. The molecule has 2 heterocycles. The molecule has 1 aromatic heterocycles. The molecule has 1 aliphatic rings. The number of hydrogen-bond acceptors (Lipinski definition) is 8. The van der Waals surface area contributed by atoms with E-state index in [1.54, 1.807) is 23.7 Å². The highest BCUT2D eigenvalue weighted by Crippen LogP contribution is 2.26. The van der Waals surface area contributed by atoms with Gasteiger partial charge in [-0.2, -0.15) is 4.31 Å². The summed E-state index contributed by atoms with van der Waals surface area (Å²) in [5, 5.41) is 9.27. The molecule has 3 rings (SSSR count). The van der Waals surface area contributed by atoms with Crippen LogP contribution in [-0.4, -0.2) is 62.1 Å². The molecule has 9 nitrogen and oxygen atoms in total. The minimum Gasteiger partial charge on any atom is -0.497 e. The molecule has 2 N–H and O–H groups in total. The number of hydroxylamine groups is 1. The van der Waals surface area contributed by atoms with Gasteiger partial charge in [0.25, 0.3) is 5.91 Å². The first-order valence-corrected chi connectivity index (χ1v) is 10.0. The van der Waals surface area contributed by atoms with E-state index in [-0.39, 0.29) is 9.77 Å². The predicted octanol–water partition coefficient (Wildman–Crippen LogP) is 0.782. The van der Waals surface area contributed by atoms with Crippen molar-refractivity contribution in [2.24, 2.45) is 0 Å². The van der Waals surface area contributed by atoms with Crippen molar-refractivity contribution in [3.63, 3.8) is 0 Å². The molecule has 0 spiro atoms. The van der Waals surface area contributed by atoms with Crippen LogP contribution in [-0.2, 0) is 10.0 Å². The molecule has 1 aliphatic heterocycles. The third-order valence-corrected chi connectivity index (χ3v) is 6.96. The van der Waals surface area contributed by atoms with Crippen LogP contribution in [0.25, 0.3) is 0 Å². The van der Waals surface area contributed by atoms with E-state index in [9.17, 15) is 13.2 Å². The second-order valence-electron chi connectivity index (χ2n) is 5.52. The number of hydrogen-bond donors (Lipinski definition) is 2. The largest absolute Gasteiger partial charge is 0.497 e. The predicted molar refractivity (Wildman–Crippen MR) is 95.3 cm³/mol. The van der Waals surface area contributed by atoms with Crippen molar-refractivity contribution in [3.05, 3.63) is 35.3 Å². The first-order valence-electron chi connectivity index (χ1n) is 7.75. The van der Waals surface area contributed by atoms with Crippen LogP contribution in [0.3, 0.4) is 0 Å². The number of piperazine rings is 1. The smallest absolute Gasteiger partial charge is 0.286 e. The third kappa shape index (κ3) is 3.65. The van der Waals surface area contributed by atoms with Gasteiger partial charge in [0.15, 0.2) is 5.13 Å². The average Bonchev–Trinajstić information content (AvgIpc) is 3.17. The van der Waals surface area contributed by atoms with Crippen LogP contribution >= 0.6 is 11.3 Å². The van der Waals surface area contributed by atoms with Gasteiger partial charge in [-0.1, -0.05) is 17.4 Å². The summed E-state index contributed by atoms with van der Waals surface area (Å²) < 4.78 is 32.1. The lowest BCUT2D eigenvalue weighted by molar-refractivity contribution is 0.0710. The minimum absolute atomic E-state index is 0.196. The van der Waals surface area contributed by atoms with Crippen molar-refractivity contribution in [1.82, 2.24) is 14.8 Å². The van der Waals surface area contributed by atoms with E-state index in [1.165, 1.54) is 23.7 Å². The molecule has 1 fully saturated rings. The Hall–Kier alpha value is -2.21. The second-order valence-corrected chi connectivity index (χ2v) is 8.47. The van der Waals surface area contributed by atoms with Crippen molar-refractivity contribution >= 4 is 32.4 Å². The van der Waals surface area contributed by atoms with E-state index < -0.39 is 15.9 Å². The summed E-state index contributed by atoms with van der Waals surface area (Å²) in [6, 6.07) is 6.39. The number of anilines is 1. The lowest BCUT2D eigenvalue weighted by Crippen LogP contribution is -2.48. The van der Waals surface area contributed by atoms with Gasteiger partial charge in [0.2, 0.25) is 10.0 Å². The molecular weight excluding hydrogens is 380 g/mol. The Morgan fingerprint density at radius 3 is 2.69 bits per heavy atom. The molecular formula is C15H18N4O5S2. The standard InChI is InChI=1S/C15H18N4O5S2/c1-24-11-3-2-4-12(9-11)26(22,23)19-7-5-18(6-8-19)15-16-10-13(25-15)14(20)17-21/h2-4,9-10,21H,5-8H2,1H3,(H,17,20). The number of carbonyl (C=O) groups is 1. The SMILES string of the molecule is COc1cccc(S(=O)(=O)N2CCN(c3ncc(C(=O)NO)s3)CC2)c1. The Labute approximate surface area is 154 Å². The van der Waals surface area contributed by atoms with Crippen molar-refractivity contribution in [2.75, 3.05) is 38.2 Å². The molecule has 0 saturated carbocycles. The summed E-state index contributed by atoms with van der Waals surface area (Å²) in [6.45, 7) is 1.52. The molecule has 0 bridgehead atoms. The van der Waals surface area contributed by atoms with Gasteiger partial charge in [-0.05, 0) is 12.1 Å². The van der Waals surface area contributed by atoms with Gasteiger partial charge in [-0.15, -0.1) is 0 Å². The van der Waals surface area contributed by atoms with Crippen molar-refractivity contribution in [2.45, 2.75) is 4.90 Å². The second kappa shape index (κ2) is 7.58. The summed E-state index contributed by atoms with van der Waals surface area (Å²) >= 11 is 1.14. The molecule has 1 aromatic carbocycles. The fourth-order valence-electron chi connectivity index (χ4n) is 2.60. The maximum Gasteiger partial charge on any atom is 0.286 e. The monoisotopic (exact) mass is 398 g/mol. The molecule has 0 atom stereocenters. The van der Waals surface area contributed by atoms with E-state index in [4.69, 9.17) is 9.94 Å². The molecule has 2 aromatic rings. The Morgan fingerprint density at radius 2 is 2.04 bits per heavy atom. The number of nitrogens with zero attached hydrogens (tertiary/aromatic N) is 3. The topological polar surface area (TPSA) is 112 Å². The fraction of sp³-hybridized carbons (Fsp3) is 0.333. The Balaban J connectivity index is 1.69. The fourth-order valence-corrected chi connectivity index (χ4v) is 4.92. The highest BCUT2D eigenvalue weighted by molar-refractivity contribution is 7.89. The zero-order valence-corrected chi connectivity index (χ0v) is 15.6. The summed E-state index contributed by atoms with van der Waals surface area (Å²) in [7, 11) is -2.11. The minimum atomic E-state index is -3.60. The first kappa shape index (κ1) is 18.6.